The second-order valence-corrected chi connectivity index (χ2v) is 5.99. The minimum Gasteiger partial charge on any atom is -0.336 e. The molecule has 1 rings (SSSR count). The van der Waals surface area contributed by atoms with Crippen LogP contribution in [0.1, 0.15) is 50.4 Å². The van der Waals surface area contributed by atoms with Gasteiger partial charge in [0.15, 0.2) is 0 Å². The minimum absolute atomic E-state index is 0.0560. The third-order valence-corrected chi connectivity index (χ3v) is 4.13. The highest BCUT2D eigenvalue weighted by atomic mass is 79.9. The summed E-state index contributed by atoms with van der Waals surface area (Å²) in [6.45, 7) is 6.68. The molecule has 0 aliphatic heterocycles. The second kappa shape index (κ2) is 8.12. The highest BCUT2D eigenvalue weighted by Crippen LogP contribution is 2.29. The lowest BCUT2D eigenvalue weighted by Gasteiger charge is -2.27. The first-order chi connectivity index (χ1) is 9.90. The molecule has 0 saturated carbocycles. The van der Waals surface area contributed by atoms with E-state index in [1.165, 1.54) is 6.07 Å². The maximum Gasteiger partial charge on any atom is 0.284 e. The number of carbonyl (C=O) groups is 1. The summed E-state index contributed by atoms with van der Waals surface area (Å²) in [5, 5.41) is 11.0. The van der Waals surface area contributed by atoms with Crippen molar-refractivity contribution in [1.29, 1.82) is 0 Å². The molecule has 0 N–H and O–H groups in total. The van der Waals surface area contributed by atoms with Crippen LogP contribution in [-0.4, -0.2) is 28.3 Å². The SMILES string of the molecule is CCCCCN(C(=O)c1cccc([N+](=O)[O-])c1Br)C(C)C. The van der Waals surface area contributed by atoms with Crippen molar-refractivity contribution < 1.29 is 9.72 Å². The molecule has 1 aromatic rings. The largest absolute Gasteiger partial charge is 0.336 e. The molecule has 0 aromatic heterocycles. The number of hydrogen-bond donors (Lipinski definition) is 0. The highest BCUT2D eigenvalue weighted by Gasteiger charge is 2.24. The van der Waals surface area contributed by atoms with E-state index in [9.17, 15) is 14.9 Å². The molecular formula is C15H21BrN2O3. The van der Waals surface area contributed by atoms with Crippen LogP contribution < -0.4 is 0 Å². The van der Waals surface area contributed by atoms with Gasteiger partial charge in [-0.3, -0.25) is 14.9 Å². The third-order valence-electron chi connectivity index (χ3n) is 3.29. The molecule has 1 aromatic carbocycles. The molecule has 5 nitrogen and oxygen atoms in total. The first-order valence-corrected chi connectivity index (χ1v) is 7.93. The second-order valence-electron chi connectivity index (χ2n) is 5.20. The topological polar surface area (TPSA) is 63.5 Å². The average Bonchev–Trinajstić information content (AvgIpc) is 2.42. The Morgan fingerprint density at radius 1 is 1.38 bits per heavy atom. The van der Waals surface area contributed by atoms with E-state index in [0.717, 1.165) is 19.3 Å². The number of rotatable bonds is 7. The molecular weight excluding hydrogens is 336 g/mol. The Morgan fingerprint density at radius 3 is 2.57 bits per heavy atom. The molecule has 0 fully saturated rings. The summed E-state index contributed by atoms with van der Waals surface area (Å²) in [5.41, 5.74) is 0.257. The molecule has 1 amide bonds. The summed E-state index contributed by atoms with van der Waals surface area (Å²) in [4.78, 5) is 24.9. The fourth-order valence-electron chi connectivity index (χ4n) is 2.11. The predicted octanol–water partition coefficient (Wildman–Crippen LogP) is 4.40. The monoisotopic (exact) mass is 356 g/mol. The average molecular weight is 357 g/mol. The van der Waals surface area contributed by atoms with Crippen LogP contribution in [0.2, 0.25) is 0 Å². The van der Waals surface area contributed by atoms with Crippen LogP contribution in [0.4, 0.5) is 5.69 Å². The molecule has 116 valence electrons. The van der Waals surface area contributed by atoms with Crippen LogP contribution in [0.15, 0.2) is 22.7 Å². The molecule has 0 aliphatic carbocycles. The van der Waals surface area contributed by atoms with Gasteiger partial charge in [0.25, 0.3) is 11.6 Å². The quantitative estimate of drug-likeness (QED) is 0.413. The molecule has 0 heterocycles. The van der Waals surface area contributed by atoms with Crippen molar-refractivity contribution in [3.05, 3.63) is 38.3 Å². The number of nitro groups is 1. The lowest BCUT2D eigenvalue weighted by atomic mass is 10.1. The Labute approximate surface area is 133 Å². The number of halogens is 1. The van der Waals surface area contributed by atoms with Crippen LogP contribution in [0.25, 0.3) is 0 Å². The van der Waals surface area contributed by atoms with Gasteiger partial charge < -0.3 is 4.90 Å². The van der Waals surface area contributed by atoms with E-state index in [4.69, 9.17) is 0 Å². The number of unbranched alkanes of at least 4 members (excludes halogenated alkanes) is 2. The highest BCUT2D eigenvalue weighted by molar-refractivity contribution is 9.10. The Hall–Kier alpha value is -1.43. The summed E-state index contributed by atoms with van der Waals surface area (Å²) < 4.78 is 0.251. The van der Waals surface area contributed by atoms with Gasteiger partial charge in [-0.1, -0.05) is 25.8 Å². The first kappa shape index (κ1) is 17.6. The number of hydrogen-bond acceptors (Lipinski definition) is 3. The van der Waals surface area contributed by atoms with Crippen molar-refractivity contribution in [2.45, 2.75) is 46.1 Å². The zero-order chi connectivity index (χ0) is 16.0. The Morgan fingerprint density at radius 2 is 2.05 bits per heavy atom. The van der Waals surface area contributed by atoms with Crippen LogP contribution in [0, 0.1) is 10.1 Å². The number of benzene rings is 1. The van der Waals surface area contributed by atoms with Crippen molar-refractivity contribution in [2.75, 3.05) is 6.54 Å². The maximum absolute atomic E-state index is 12.6. The molecule has 0 unspecified atom stereocenters. The van der Waals surface area contributed by atoms with Gasteiger partial charge >= 0.3 is 0 Å². The Kier molecular flexibility index (Phi) is 6.81. The lowest BCUT2D eigenvalue weighted by molar-refractivity contribution is -0.385. The Balaban J connectivity index is 3.04. The number of amides is 1. The van der Waals surface area contributed by atoms with Gasteiger partial charge in [-0.25, -0.2) is 0 Å². The van der Waals surface area contributed by atoms with Gasteiger partial charge in [0.05, 0.1) is 10.5 Å². The van der Waals surface area contributed by atoms with E-state index >= 15 is 0 Å². The van der Waals surface area contributed by atoms with Crippen LogP contribution in [-0.2, 0) is 0 Å². The molecule has 0 bridgehead atoms. The van der Waals surface area contributed by atoms with E-state index in [2.05, 4.69) is 22.9 Å². The van der Waals surface area contributed by atoms with Gasteiger partial charge in [-0.2, -0.15) is 0 Å². The minimum atomic E-state index is -0.488. The fraction of sp³-hybridized carbons (Fsp3) is 0.533. The molecule has 21 heavy (non-hydrogen) atoms. The number of nitrogens with zero attached hydrogens (tertiary/aromatic N) is 2. The lowest BCUT2D eigenvalue weighted by Crippen LogP contribution is -2.38. The zero-order valence-electron chi connectivity index (χ0n) is 12.6. The summed E-state index contributed by atoms with van der Waals surface area (Å²) in [7, 11) is 0. The van der Waals surface area contributed by atoms with E-state index in [-0.39, 0.29) is 22.1 Å². The fourth-order valence-corrected chi connectivity index (χ4v) is 2.69. The van der Waals surface area contributed by atoms with Crippen molar-refractivity contribution in [3.63, 3.8) is 0 Å². The molecule has 6 heteroatoms. The number of carbonyl (C=O) groups excluding carboxylic acids is 1. The van der Waals surface area contributed by atoms with Gasteiger partial charge in [-0.05, 0) is 42.3 Å². The predicted molar refractivity (Wildman–Crippen MR) is 86.5 cm³/mol. The summed E-state index contributed by atoms with van der Waals surface area (Å²) >= 11 is 3.19. The van der Waals surface area contributed by atoms with E-state index in [1.807, 2.05) is 13.8 Å². The van der Waals surface area contributed by atoms with E-state index in [0.29, 0.717) is 12.1 Å². The van der Waals surface area contributed by atoms with Gasteiger partial charge in [0.2, 0.25) is 0 Å². The van der Waals surface area contributed by atoms with Crippen molar-refractivity contribution in [3.8, 4) is 0 Å². The van der Waals surface area contributed by atoms with Crippen molar-refractivity contribution >= 4 is 27.5 Å². The molecule has 0 radical (unpaired) electrons. The van der Waals surface area contributed by atoms with Crippen LogP contribution in [0.5, 0.6) is 0 Å². The summed E-state index contributed by atoms with van der Waals surface area (Å²) in [6.07, 6.45) is 3.08. The van der Waals surface area contributed by atoms with Gasteiger partial charge in [0.1, 0.15) is 4.47 Å². The third kappa shape index (κ3) is 4.52. The van der Waals surface area contributed by atoms with Gasteiger partial charge in [-0.15, -0.1) is 0 Å². The van der Waals surface area contributed by atoms with E-state index < -0.39 is 4.92 Å². The van der Waals surface area contributed by atoms with Crippen molar-refractivity contribution in [2.24, 2.45) is 0 Å². The summed E-state index contributed by atoms with van der Waals surface area (Å²) in [6, 6.07) is 4.60. The standard InChI is InChI=1S/C15H21BrN2O3/c1-4-5-6-10-17(11(2)3)15(19)12-8-7-9-13(14(12)16)18(20)21/h7-9,11H,4-6,10H2,1-3H3. The normalized spacial score (nSPS) is 10.7. The number of nitro benzene ring substituents is 1. The van der Waals surface area contributed by atoms with Crippen LogP contribution in [0.3, 0.4) is 0 Å². The first-order valence-electron chi connectivity index (χ1n) is 7.14. The van der Waals surface area contributed by atoms with E-state index in [1.54, 1.807) is 17.0 Å². The molecule has 0 saturated heterocycles. The maximum atomic E-state index is 12.6. The van der Waals surface area contributed by atoms with Crippen LogP contribution >= 0.6 is 15.9 Å². The zero-order valence-corrected chi connectivity index (χ0v) is 14.2. The summed E-state index contributed by atoms with van der Waals surface area (Å²) in [5.74, 6) is -0.170. The molecule has 0 atom stereocenters. The molecule has 0 aliphatic rings. The molecule has 0 spiro atoms. The van der Waals surface area contributed by atoms with Crippen molar-refractivity contribution in [1.82, 2.24) is 4.90 Å². The smallest absolute Gasteiger partial charge is 0.284 e. The van der Waals surface area contributed by atoms with Gasteiger partial charge in [0, 0.05) is 18.7 Å². The Bertz CT molecular complexity index is 518.